The molecule has 0 bridgehead atoms. The summed E-state index contributed by atoms with van der Waals surface area (Å²) in [5.41, 5.74) is 1.01. The van der Waals surface area contributed by atoms with Crippen LogP contribution in [0.1, 0.15) is 70.4 Å². The Kier molecular flexibility index (Phi) is 9.73. The number of methoxy groups -OCH3 is 1. The van der Waals surface area contributed by atoms with Gasteiger partial charge in [-0.1, -0.05) is 40.0 Å². The average Bonchev–Trinajstić information content (AvgIpc) is 3.74. The summed E-state index contributed by atoms with van der Waals surface area (Å²) in [6.07, 6.45) is 3.77. The smallest absolute Gasteiger partial charge is 0.410 e. The van der Waals surface area contributed by atoms with Gasteiger partial charge in [0.25, 0.3) is 0 Å². The number of carbonyl (C=O) groups is 4. The van der Waals surface area contributed by atoms with E-state index in [1.54, 1.807) is 20.8 Å². The molecule has 1 aromatic carbocycles. The summed E-state index contributed by atoms with van der Waals surface area (Å²) in [6, 6.07) is 0.487. The quantitative estimate of drug-likeness (QED) is 0.392. The number of esters is 1. The largest absolute Gasteiger partial charge is 0.467 e. The minimum Gasteiger partial charge on any atom is -0.467 e. The van der Waals surface area contributed by atoms with E-state index >= 15 is 0 Å². The fourth-order valence-electron chi connectivity index (χ4n) is 6.73. The summed E-state index contributed by atoms with van der Waals surface area (Å²) >= 11 is 0. The molecule has 4 aliphatic rings. The van der Waals surface area contributed by atoms with Crippen LogP contribution in [0.15, 0.2) is 12.1 Å². The maximum Gasteiger partial charge on any atom is 0.410 e. The summed E-state index contributed by atoms with van der Waals surface area (Å²) in [6.45, 7) is 6.00. The van der Waals surface area contributed by atoms with Crippen molar-refractivity contribution >= 4 is 33.9 Å². The molecule has 2 N–H and O–H groups in total. The van der Waals surface area contributed by atoms with Crippen molar-refractivity contribution in [1.82, 2.24) is 19.8 Å². The minimum absolute atomic E-state index is 0.0199. The molecule has 1 saturated carbocycles. The Morgan fingerprint density at radius 3 is 2.15 bits per heavy atom. The Morgan fingerprint density at radius 1 is 1.00 bits per heavy atom. The molecule has 14 nitrogen and oxygen atoms in total. The molecule has 1 aliphatic carbocycles. The first-order chi connectivity index (χ1) is 21.6. The topological polar surface area (TPSA) is 170 Å². The molecule has 3 aliphatic heterocycles. The number of sulfonamides is 1. The van der Waals surface area contributed by atoms with Crippen LogP contribution >= 0.6 is 0 Å². The molecule has 46 heavy (non-hydrogen) atoms. The number of hydrogen-bond donors (Lipinski definition) is 2. The molecule has 4 atom stereocenters. The van der Waals surface area contributed by atoms with E-state index in [0.717, 1.165) is 36.6 Å². The highest BCUT2D eigenvalue weighted by Gasteiger charge is 2.48. The van der Waals surface area contributed by atoms with Crippen LogP contribution in [-0.2, 0) is 47.0 Å². The molecular weight excluding hydrogens is 620 g/mol. The van der Waals surface area contributed by atoms with Crippen molar-refractivity contribution in [2.24, 2.45) is 11.3 Å². The third kappa shape index (κ3) is 7.51. The molecule has 254 valence electrons. The lowest BCUT2D eigenvalue weighted by atomic mass is 9.82. The number of amides is 3. The van der Waals surface area contributed by atoms with Gasteiger partial charge in [-0.05, 0) is 47.4 Å². The second kappa shape index (κ2) is 13.3. The van der Waals surface area contributed by atoms with Crippen LogP contribution < -0.4 is 19.5 Å². The highest BCUT2D eigenvalue weighted by Crippen LogP contribution is 2.38. The van der Waals surface area contributed by atoms with Gasteiger partial charge in [0, 0.05) is 19.5 Å². The highest BCUT2D eigenvalue weighted by molar-refractivity contribution is 7.88. The number of fused-ring (bicyclic) bond motifs is 2. The molecule has 0 unspecified atom stereocenters. The maximum absolute atomic E-state index is 14.2. The maximum atomic E-state index is 14.2. The van der Waals surface area contributed by atoms with Crippen molar-refractivity contribution in [2.45, 2.75) is 96.6 Å². The average molecular weight is 665 g/mol. The van der Waals surface area contributed by atoms with Crippen LogP contribution in [0.25, 0.3) is 0 Å². The summed E-state index contributed by atoms with van der Waals surface area (Å²) < 4.78 is 48.6. The van der Waals surface area contributed by atoms with E-state index < -0.39 is 63.5 Å². The number of benzene rings is 1. The van der Waals surface area contributed by atoms with Gasteiger partial charge in [0.15, 0.2) is 11.5 Å². The molecule has 0 aromatic heterocycles. The zero-order valence-electron chi connectivity index (χ0n) is 27.0. The number of ether oxygens (including phenoxy) is 4. The predicted molar refractivity (Wildman–Crippen MR) is 164 cm³/mol. The van der Waals surface area contributed by atoms with Crippen LogP contribution in [0.4, 0.5) is 4.79 Å². The van der Waals surface area contributed by atoms with Gasteiger partial charge >= 0.3 is 12.1 Å². The minimum atomic E-state index is -3.73. The third-order valence-corrected chi connectivity index (χ3v) is 9.79. The number of hydrogen-bond acceptors (Lipinski definition) is 10. The van der Waals surface area contributed by atoms with E-state index in [2.05, 4.69) is 10.0 Å². The van der Waals surface area contributed by atoms with Crippen LogP contribution in [0.3, 0.4) is 0 Å². The molecule has 15 heteroatoms. The summed E-state index contributed by atoms with van der Waals surface area (Å²) in [5.74, 6) is -0.796. The van der Waals surface area contributed by atoms with Gasteiger partial charge in [-0.3, -0.25) is 14.5 Å². The van der Waals surface area contributed by atoms with Crippen molar-refractivity contribution in [2.75, 3.05) is 26.7 Å². The van der Waals surface area contributed by atoms with Gasteiger partial charge in [-0.2, -0.15) is 0 Å². The van der Waals surface area contributed by atoms with Crippen LogP contribution in [0, 0.1) is 11.3 Å². The number of rotatable bonds is 8. The van der Waals surface area contributed by atoms with Gasteiger partial charge in [-0.25, -0.2) is 22.7 Å². The normalized spacial score (nSPS) is 22.6. The van der Waals surface area contributed by atoms with Crippen molar-refractivity contribution in [3.05, 3.63) is 23.3 Å². The summed E-state index contributed by atoms with van der Waals surface area (Å²) in [4.78, 5) is 56.8. The Balaban J connectivity index is 1.29. The fraction of sp³-hybridized carbons (Fsp3) is 0.677. The van der Waals surface area contributed by atoms with Gasteiger partial charge in [-0.15, -0.1) is 0 Å². The van der Waals surface area contributed by atoms with Crippen LogP contribution in [0.5, 0.6) is 11.5 Å². The lowest BCUT2D eigenvalue weighted by Crippen LogP contribution is -2.61. The molecule has 5 rings (SSSR count). The molecule has 0 spiro atoms. The first-order valence-corrected chi connectivity index (χ1v) is 17.6. The molecule has 1 aromatic rings. The number of carbonyl (C=O) groups excluding carboxylic acids is 4. The Bertz CT molecular complexity index is 1440. The molecule has 3 amide bonds. The van der Waals surface area contributed by atoms with Gasteiger partial charge in [0.05, 0.1) is 19.9 Å². The Labute approximate surface area is 269 Å². The van der Waals surface area contributed by atoms with Crippen LogP contribution in [0.2, 0.25) is 0 Å². The molecule has 3 heterocycles. The molecule has 2 fully saturated rings. The van der Waals surface area contributed by atoms with Gasteiger partial charge < -0.3 is 29.2 Å². The zero-order chi connectivity index (χ0) is 33.4. The summed E-state index contributed by atoms with van der Waals surface area (Å²) in [5, 5.41) is 2.81. The molecule has 1 saturated heterocycles. The fourth-order valence-corrected chi connectivity index (χ4v) is 7.49. The van der Waals surface area contributed by atoms with E-state index in [1.807, 2.05) is 12.1 Å². The van der Waals surface area contributed by atoms with E-state index in [9.17, 15) is 27.6 Å². The molecule has 0 radical (unpaired) electrons. The first kappa shape index (κ1) is 33.8. The van der Waals surface area contributed by atoms with Crippen molar-refractivity contribution in [1.29, 1.82) is 0 Å². The highest BCUT2D eigenvalue weighted by atomic mass is 32.2. The predicted octanol–water partition coefficient (Wildman–Crippen LogP) is 2.04. The monoisotopic (exact) mass is 664 g/mol. The standard InChI is InChI=1S/C31H44N4O10S/c1-31(2,3)26(32-27(36)25(33-46(5,40)41)18-9-7-6-8-10-18)28(37)35-16-21(13-22(35)29(38)42-4)45-30(39)34-14-19-11-23-24(44-17-43-23)12-20(19)15-34/h11-12,18,21-22,25-26,33H,6-10,13-17H2,1-5H3,(H,32,36)/t21-,22+,25+,26-/m1/s1. The molecular formula is C31H44N4O10S. The van der Waals surface area contributed by atoms with Gasteiger partial charge in [0.1, 0.15) is 24.2 Å². The summed E-state index contributed by atoms with van der Waals surface area (Å²) in [7, 11) is -2.51. The van der Waals surface area contributed by atoms with Crippen molar-refractivity contribution < 1.29 is 46.5 Å². The number of likely N-dealkylation sites (tertiary alicyclic amines) is 1. The van der Waals surface area contributed by atoms with Crippen molar-refractivity contribution in [3.63, 3.8) is 0 Å². The first-order valence-electron chi connectivity index (χ1n) is 15.7. The zero-order valence-corrected chi connectivity index (χ0v) is 27.8. The van der Waals surface area contributed by atoms with E-state index in [-0.39, 0.29) is 25.7 Å². The van der Waals surface area contributed by atoms with Crippen molar-refractivity contribution in [3.8, 4) is 11.5 Å². The Morgan fingerprint density at radius 2 is 1.61 bits per heavy atom. The Hall–Kier alpha value is -3.59. The second-order valence-electron chi connectivity index (χ2n) is 13.7. The van der Waals surface area contributed by atoms with E-state index in [4.69, 9.17) is 18.9 Å². The SMILES string of the molecule is COC(=O)[C@@H]1C[C@@H](OC(=O)N2Cc3cc4c(cc3C2)OCO4)CN1C(=O)[C@@H](NC(=O)[C@@H](NS(C)(=O)=O)C1CCCCC1)C(C)(C)C. The van der Waals surface area contributed by atoms with E-state index in [0.29, 0.717) is 37.4 Å². The van der Waals surface area contributed by atoms with Gasteiger partial charge in [0.2, 0.25) is 28.6 Å². The number of nitrogens with one attached hydrogen (secondary N) is 2. The third-order valence-electron chi connectivity index (χ3n) is 9.11. The lowest BCUT2D eigenvalue weighted by molar-refractivity contribution is -0.153. The van der Waals surface area contributed by atoms with E-state index in [1.165, 1.54) is 16.9 Å². The lowest BCUT2D eigenvalue weighted by Gasteiger charge is -2.37. The number of nitrogens with zero attached hydrogens (tertiary/aromatic N) is 2. The second-order valence-corrected chi connectivity index (χ2v) is 15.5. The van der Waals surface area contributed by atoms with Crippen LogP contribution in [-0.4, -0.2) is 93.0 Å².